The third-order valence-electron chi connectivity index (χ3n) is 3.33. The number of aromatic nitrogens is 3. The maximum atomic E-state index is 12.0. The van der Waals surface area contributed by atoms with Crippen LogP contribution in [0, 0.1) is 0 Å². The number of hydrogen-bond acceptors (Lipinski definition) is 4. The molecule has 1 N–H and O–H groups in total. The van der Waals surface area contributed by atoms with Gasteiger partial charge in [0.1, 0.15) is 18.4 Å². The fraction of sp³-hybridized carbons (Fsp3) is 0.357. The van der Waals surface area contributed by atoms with Crippen LogP contribution in [0.2, 0.25) is 0 Å². The number of para-hydroxylation sites is 1. The number of nitrogens with one attached hydrogen (secondary N) is 1. The predicted octanol–water partition coefficient (Wildman–Crippen LogP) is 1.31. The van der Waals surface area contributed by atoms with Crippen LogP contribution in [0.25, 0.3) is 0 Å². The van der Waals surface area contributed by atoms with E-state index in [0.29, 0.717) is 19.6 Å². The molecule has 0 saturated heterocycles. The number of nitrogens with zero attached hydrogens (tertiary/aromatic N) is 3. The van der Waals surface area contributed by atoms with Crippen molar-refractivity contribution in [3.05, 3.63) is 42.5 Å². The summed E-state index contributed by atoms with van der Waals surface area (Å²) in [6, 6.07) is 7.86. The lowest BCUT2D eigenvalue weighted by molar-refractivity contribution is -0.122. The second-order valence-corrected chi connectivity index (χ2v) is 4.70. The SMILES string of the molecule is O=C(CCn1cncn1)N[C@H]1CCOc2ccccc21. The Labute approximate surface area is 116 Å². The van der Waals surface area contributed by atoms with Gasteiger partial charge in [0.05, 0.1) is 19.2 Å². The smallest absolute Gasteiger partial charge is 0.222 e. The summed E-state index contributed by atoms with van der Waals surface area (Å²) in [6.07, 6.45) is 4.26. The van der Waals surface area contributed by atoms with Gasteiger partial charge in [0.15, 0.2) is 0 Å². The van der Waals surface area contributed by atoms with E-state index in [1.165, 1.54) is 6.33 Å². The van der Waals surface area contributed by atoms with Crippen molar-refractivity contribution in [2.24, 2.45) is 0 Å². The topological polar surface area (TPSA) is 69.0 Å². The predicted molar refractivity (Wildman–Crippen MR) is 72.1 cm³/mol. The van der Waals surface area contributed by atoms with Gasteiger partial charge in [-0.2, -0.15) is 5.10 Å². The number of fused-ring (bicyclic) bond motifs is 1. The molecule has 2 heterocycles. The first-order valence-corrected chi connectivity index (χ1v) is 6.66. The lowest BCUT2D eigenvalue weighted by atomic mass is 10.0. The highest BCUT2D eigenvalue weighted by Gasteiger charge is 2.22. The van der Waals surface area contributed by atoms with E-state index in [1.807, 2.05) is 24.3 Å². The molecule has 2 aromatic rings. The third kappa shape index (κ3) is 2.79. The first-order chi connectivity index (χ1) is 9.83. The van der Waals surface area contributed by atoms with Gasteiger partial charge in [-0.3, -0.25) is 9.48 Å². The molecule has 0 aliphatic carbocycles. The Balaban J connectivity index is 1.59. The van der Waals surface area contributed by atoms with Gasteiger partial charge in [-0.25, -0.2) is 4.98 Å². The van der Waals surface area contributed by atoms with Crippen molar-refractivity contribution in [3.63, 3.8) is 0 Å². The molecule has 1 amide bonds. The van der Waals surface area contributed by atoms with E-state index in [4.69, 9.17) is 4.74 Å². The molecule has 3 rings (SSSR count). The Morgan fingerprint density at radius 1 is 1.45 bits per heavy atom. The number of amides is 1. The summed E-state index contributed by atoms with van der Waals surface area (Å²) in [5, 5.41) is 7.03. The van der Waals surface area contributed by atoms with Gasteiger partial charge in [0.2, 0.25) is 5.91 Å². The molecular formula is C14H16N4O2. The molecule has 1 atom stereocenters. The Morgan fingerprint density at radius 3 is 3.20 bits per heavy atom. The molecule has 0 saturated carbocycles. The van der Waals surface area contributed by atoms with Crippen LogP contribution in [0.5, 0.6) is 5.75 Å². The van der Waals surface area contributed by atoms with Crippen LogP contribution in [0.15, 0.2) is 36.9 Å². The molecule has 1 aromatic heterocycles. The summed E-state index contributed by atoms with van der Waals surface area (Å²) >= 11 is 0. The average Bonchev–Trinajstić information content (AvgIpc) is 2.99. The molecule has 6 heteroatoms. The van der Waals surface area contributed by atoms with Gasteiger partial charge < -0.3 is 10.1 Å². The molecule has 104 valence electrons. The molecule has 0 spiro atoms. The summed E-state index contributed by atoms with van der Waals surface area (Å²) < 4.78 is 7.23. The largest absolute Gasteiger partial charge is 0.493 e. The van der Waals surface area contributed by atoms with Crippen LogP contribution in [0.1, 0.15) is 24.4 Å². The zero-order chi connectivity index (χ0) is 13.8. The van der Waals surface area contributed by atoms with Crippen molar-refractivity contribution in [2.75, 3.05) is 6.61 Å². The zero-order valence-corrected chi connectivity index (χ0v) is 11.0. The van der Waals surface area contributed by atoms with Gasteiger partial charge in [-0.1, -0.05) is 18.2 Å². The molecule has 20 heavy (non-hydrogen) atoms. The summed E-state index contributed by atoms with van der Waals surface area (Å²) in [4.78, 5) is 15.9. The van der Waals surface area contributed by atoms with Crippen LogP contribution in [-0.2, 0) is 11.3 Å². The fourth-order valence-electron chi connectivity index (χ4n) is 2.32. The first kappa shape index (κ1) is 12.7. The summed E-state index contributed by atoms with van der Waals surface area (Å²) in [5.41, 5.74) is 1.05. The van der Waals surface area contributed by atoms with E-state index < -0.39 is 0 Å². The van der Waals surface area contributed by atoms with Crippen molar-refractivity contribution in [2.45, 2.75) is 25.4 Å². The number of hydrogen-bond donors (Lipinski definition) is 1. The van der Waals surface area contributed by atoms with E-state index >= 15 is 0 Å². The van der Waals surface area contributed by atoms with Crippen molar-refractivity contribution in [1.82, 2.24) is 20.1 Å². The van der Waals surface area contributed by atoms with Crippen LogP contribution in [0.4, 0.5) is 0 Å². The van der Waals surface area contributed by atoms with Crippen LogP contribution < -0.4 is 10.1 Å². The molecule has 1 aliphatic heterocycles. The maximum Gasteiger partial charge on any atom is 0.222 e. The van der Waals surface area contributed by atoms with E-state index in [0.717, 1.165) is 17.7 Å². The fourth-order valence-corrected chi connectivity index (χ4v) is 2.32. The van der Waals surface area contributed by atoms with Gasteiger partial charge >= 0.3 is 0 Å². The molecule has 6 nitrogen and oxygen atoms in total. The van der Waals surface area contributed by atoms with E-state index in [2.05, 4.69) is 15.4 Å². The van der Waals surface area contributed by atoms with Crippen molar-refractivity contribution in [1.29, 1.82) is 0 Å². The Morgan fingerprint density at radius 2 is 2.35 bits per heavy atom. The number of carbonyl (C=O) groups is 1. The second-order valence-electron chi connectivity index (χ2n) is 4.70. The summed E-state index contributed by atoms with van der Waals surface area (Å²) in [7, 11) is 0. The van der Waals surface area contributed by atoms with Gasteiger partial charge in [0, 0.05) is 18.4 Å². The zero-order valence-electron chi connectivity index (χ0n) is 11.0. The standard InChI is InChI=1S/C14H16N4O2/c19-14(5-7-18-10-15-9-16-18)17-12-6-8-20-13-4-2-1-3-11(12)13/h1-4,9-10,12H,5-8H2,(H,17,19)/t12-/m0/s1. The second kappa shape index (κ2) is 5.73. The molecule has 1 aromatic carbocycles. The minimum Gasteiger partial charge on any atom is -0.493 e. The Bertz CT molecular complexity index is 583. The van der Waals surface area contributed by atoms with Gasteiger partial charge in [0.25, 0.3) is 0 Å². The Hall–Kier alpha value is -2.37. The number of aryl methyl sites for hydroxylation is 1. The normalized spacial score (nSPS) is 17.1. The number of rotatable bonds is 4. The highest BCUT2D eigenvalue weighted by atomic mass is 16.5. The van der Waals surface area contributed by atoms with Crippen molar-refractivity contribution in [3.8, 4) is 5.75 Å². The van der Waals surface area contributed by atoms with Crippen LogP contribution in [-0.4, -0.2) is 27.3 Å². The van der Waals surface area contributed by atoms with Crippen LogP contribution >= 0.6 is 0 Å². The number of ether oxygens (including phenoxy) is 1. The lowest BCUT2D eigenvalue weighted by Crippen LogP contribution is -2.32. The highest BCUT2D eigenvalue weighted by molar-refractivity contribution is 5.76. The molecule has 0 bridgehead atoms. The third-order valence-corrected chi connectivity index (χ3v) is 3.33. The molecule has 1 aliphatic rings. The monoisotopic (exact) mass is 272 g/mol. The average molecular weight is 272 g/mol. The quantitative estimate of drug-likeness (QED) is 0.911. The number of benzene rings is 1. The van der Waals surface area contributed by atoms with Crippen LogP contribution in [0.3, 0.4) is 0 Å². The molecular weight excluding hydrogens is 256 g/mol. The van der Waals surface area contributed by atoms with E-state index in [-0.39, 0.29) is 11.9 Å². The molecule has 0 unspecified atom stereocenters. The molecule has 0 radical (unpaired) electrons. The van der Waals surface area contributed by atoms with E-state index in [9.17, 15) is 4.79 Å². The summed E-state index contributed by atoms with van der Waals surface area (Å²) in [6.45, 7) is 1.17. The summed E-state index contributed by atoms with van der Waals surface area (Å²) in [5.74, 6) is 0.877. The van der Waals surface area contributed by atoms with Gasteiger partial charge in [-0.15, -0.1) is 0 Å². The number of carbonyl (C=O) groups excluding carboxylic acids is 1. The Kier molecular flexibility index (Phi) is 3.62. The lowest BCUT2D eigenvalue weighted by Gasteiger charge is -2.26. The minimum absolute atomic E-state index is 0.0159. The molecule has 0 fully saturated rings. The maximum absolute atomic E-state index is 12.0. The first-order valence-electron chi connectivity index (χ1n) is 6.66. The van der Waals surface area contributed by atoms with Crippen molar-refractivity contribution < 1.29 is 9.53 Å². The highest BCUT2D eigenvalue weighted by Crippen LogP contribution is 2.31. The van der Waals surface area contributed by atoms with E-state index in [1.54, 1.807) is 11.0 Å². The van der Waals surface area contributed by atoms with Gasteiger partial charge in [-0.05, 0) is 6.07 Å². The minimum atomic E-state index is 0.0159. The van der Waals surface area contributed by atoms with Crippen molar-refractivity contribution >= 4 is 5.91 Å².